The molecule has 0 aromatic heterocycles. The lowest BCUT2D eigenvalue weighted by Crippen LogP contribution is -2.12. The van der Waals surface area contributed by atoms with Crippen molar-refractivity contribution in [2.45, 2.75) is 4.90 Å². The number of carbonyl (C=O) groups is 1. The van der Waals surface area contributed by atoms with Gasteiger partial charge < -0.3 is 5.32 Å². The highest BCUT2D eigenvalue weighted by molar-refractivity contribution is 7.80. The number of benzene rings is 1. The van der Waals surface area contributed by atoms with Gasteiger partial charge in [-0.05, 0) is 24.3 Å². The van der Waals surface area contributed by atoms with E-state index >= 15 is 0 Å². The molecule has 12 heavy (non-hydrogen) atoms. The minimum atomic E-state index is -0.205. The Morgan fingerprint density at radius 3 is 2.50 bits per heavy atom. The van der Waals surface area contributed by atoms with E-state index in [0.717, 1.165) is 10.6 Å². The Morgan fingerprint density at radius 1 is 1.42 bits per heavy atom. The number of thiol groups is 1. The molecule has 1 amide bonds. The van der Waals surface area contributed by atoms with Crippen LogP contribution in [0.3, 0.4) is 0 Å². The fourth-order valence-electron chi connectivity index (χ4n) is 0.739. The minimum Gasteiger partial charge on any atom is -0.325 e. The van der Waals surface area contributed by atoms with Gasteiger partial charge in [0, 0.05) is 10.6 Å². The summed E-state index contributed by atoms with van der Waals surface area (Å²) in [5, 5.41) is 2.61. The van der Waals surface area contributed by atoms with Gasteiger partial charge in [-0.2, -0.15) is 0 Å². The van der Waals surface area contributed by atoms with Crippen LogP contribution in [0.25, 0.3) is 0 Å². The molecule has 0 fully saturated rings. The first-order valence-corrected chi connectivity index (χ1v) is 4.35. The zero-order chi connectivity index (χ0) is 8.97. The maximum absolute atomic E-state index is 10.8. The molecule has 0 atom stereocenters. The number of alkyl halides is 1. The maximum Gasteiger partial charge on any atom is 0.239 e. The summed E-state index contributed by atoms with van der Waals surface area (Å²) in [6, 6.07) is 7.14. The molecule has 0 aliphatic heterocycles. The third kappa shape index (κ3) is 2.75. The van der Waals surface area contributed by atoms with Gasteiger partial charge in [0.1, 0.15) is 5.88 Å². The summed E-state index contributed by atoms with van der Waals surface area (Å²) in [4.78, 5) is 11.7. The second-order valence-electron chi connectivity index (χ2n) is 2.23. The van der Waals surface area contributed by atoms with Crippen LogP contribution in [0.5, 0.6) is 0 Å². The average molecular weight is 202 g/mol. The lowest BCUT2D eigenvalue weighted by Gasteiger charge is -2.01. The zero-order valence-corrected chi connectivity index (χ0v) is 7.90. The molecule has 2 nitrogen and oxygen atoms in total. The molecule has 0 aliphatic carbocycles. The van der Waals surface area contributed by atoms with Crippen molar-refractivity contribution >= 4 is 35.8 Å². The van der Waals surface area contributed by atoms with Gasteiger partial charge in [-0.15, -0.1) is 24.2 Å². The second kappa shape index (κ2) is 4.38. The van der Waals surface area contributed by atoms with E-state index in [1.807, 2.05) is 0 Å². The molecule has 1 rings (SSSR count). The Hall–Kier alpha value is -0.670. The molecule has 0 saturated heterocycles. The number of nitrogens with one attached hydrogen (secondary N) is 1. The third-order valence-electron chi connectivity index (χ3n) is 1.27. The van der Waals surface area contributed by atoms with Crippen LogP contribution >= 0.6 is 24.2 Å². The predicted octanol–water partition coefficient (Wildman–Crippen LogP) is 2.15. The molecule has 0 radical (unpaired) electrons. The van der Waals surface area contributed by atoms with Crippen LogP contribution in [0, 0.1) is 0 Å². The topological polar surface area (TPSA) is 29.1 Å². The zero-order valence-electron chi connectivity index (χ0n) is 6.25. The maximum atomic E-state index is 10.8. The van der Waals surface area contributed by atoms with Crippen molar-refractivity contribution in [3.05, 3.63) is 24.3 Å². The smallest absolute Gasteiger partial charge is 0.239 e. The average Bonchev–Trinajstić information content (AvgIpc) is 2.09. The molecule has 1 aromatic rings. The molecule has 0 heterocycles. The summed E-state index contributed by atoms with van der Waals surface area (Å²) in [5.41, 5.74) is 0.735. The number of rotatable bonds is 2. The van der Waals surface area contributed by atoms with Crippen LogP contribution in [0.15, 0.2) is 29.2 Å². The summed E-state index contributed by atoms with van der Waals surface area (Å²) in [7, 11) is 0. The van der Waals surface area contributed by atoms with E-state index in [0.29, 0.717) is 0 Å². The van der Waals surface area contributed by atoms with Gasteiger partial charge in [0.25, 0.3) is 0 Å². The molecule has 1 aromatic carbocycles. The third-order valence-corrected chi connectivity index (χ3v) is 1.81. The Morgan fingerprint density at radius 2 is 2.00 bits per heavy atom. The molecule has 0 unspecified atom stereocenters. The fourth-order valence-corrected chi connectivity index (χ4v) is 0.955. The standard InChI is InChI=1S/C8H8ClNOS/c9-5-8(11)10-6-1-3-7(12)4-2-6/h1-4,12H,5H2,(H,10,11). The van der Waals surface area contributed by atoms with E-state index in [4.69, 9.17) is 11.6 Å². The van der Waals surface area contributed by atoms with Crippen molar-refractivity contribution in [3.8, 4) is 0 Å². The number of hydrogen-bond donors (Lipinski definition) is 2. The molecule has 0 bridgehead atoms. The Balaban J connectivity index is 2.64. The normalized spacial score (nSPS) is 9.50. The molecule has 4 heteroatoms. The van der Waals surface area contributed by atoms with Gasteiger partial charge in [-0.25, -0.2) is 0 Å². The van der Waals surface area contributed by atoms with Crippen molar-refractivity contribution < 1.29 is 4.79 Å². The molecule has 0 saturated carbocycles. The first-order valence-electron chi connectivity index (χ1n) is 3.37. The monoisotopic (exact) mass is 201 g/mol. The van der Waals surface area contributed by atoms with Gasteiger partial charge in [0.15, 0.2) is 0 Å². The van der Waals surface area contributed by atoms with E-state index in [2.05, 4.69) is 17.9 Å². The summed E-state index contributed by atoms with van der Waals surface area (Å²) in [6.45, 7) is 0. The van der Waals surface area contributed by atoms with Gasteiger partial charge in [-0.3, -0.25) is 4.79 Å². The minimum absolute atomic E-state index is 0.0252. The molecule has 64 valence electrons. The molecule has 1 N–H and O–H groups in total. The Labute approximate surface area is 81.3 Å². The van der Waals surface area contributed by atoms with Crippen LogP contribution in [0.2, 0.25) is 0 Å². The molecular formula is C8H8ClNOS. The van der Waals surface area contributed by atoms with Gasteiger partial charge in [0.05, 0.1) is 0 Å². The van der Waals surface area contributed by atoms with Crippen molar-refractivity contribution in [2.24, 2.45) is 0 Å². The number of carbonyl (C=O) groups excluding carboxylic acids is 1. The largest absolute Gasteiger partial charge is 0.325 e. The number of halogens is 1. The van der Waals surface area contributed by atoms with Crippen molar-refractivity contribution in [2.75, 3.05) is 11.2 Å². The molecular weight excluding hydrogens is 194 g/mol. The Kier molecular flexibility index (Phi) is 3.44. The van der Waals surface area contributed by atoms with Crippen LogP contribution in [-0.4, -0.2) is 11.8 Å². The van der Waals surface area contributed by atoms with Crippen molar-refractivity contribution in [1.29, 1.82) is 0 Å². The van der Waals surface area contributed by atoms with Crippen LogP contribution in [0.4, 0.5) is 5.69 Å². The van der Waals surface area contributed by atoms with Gasteiger partial charge >= 0.3 is 0 Å². The number of amides is 1. The van der Waals surface area contributed by atoms with Gasteiger partial charge in [-0.1, -0.05) is 0 Å². The SMILES string of the molecule is O=C(CCl)Nc1ccc(S)cc1. The molecule has 0 aliphatic rings. The highest BCUT2D eigenvalue weighted by atomic mass is 35.5. The lowest BCUT2D eigenvalue weighted by molar-refractivity contribution is -0.113. The van der Waals surface area contributed by atoms with E-state index in [-0.39, 0.29) is 11.8 Å². The van der Waals surface area contributed by atoms with E-state index in [1.54, 1.807) is 24.3 Å². The summed E-state index contributed by atoms with van der Waals surface area (Å²) in [5.74, 6) is -0.230. The van der Waals surface area contributed by atoms with Crippen LogP contribution < -0.4 is 5.32 Å². The van der Waals surface area contributed by atoms with E-state index in [9.17, 15) is 4.79 Å². The highest BCUT2D eigenvalue weighted by Crippen LogP contribution is 2.11. The fraction of sp³-hybridized carbons (Fsp3) is 0.125. The summed E-state index contributed by atoms with van der Waals surface area (Å²) in [6.07, 6.45) is 0. The van der Waals surface area contributed by atoms with Crippen molar-refractivity contribution in [3.63, 3.8) is 0 Å². The van der Waals surface area contributed by atoms with E-state index in [1.165, 1.54) is 0 Å². The van der Waals surface area contributed by atoms with Crippen LogP contribution in [0.1, 0.15) is 0 Å². The quantitative estimate of drug-likeness (QED) is 0.557. The van der Waals surface area contributed by atoms with E-state index < -0.39 is 0 Å². The molecule has 0 spiro atoms. The first kappa shape index (κ1) is 9.42. The van der Waals surface area contributed by atoms with Crippen LogP contribution in [-0.2, 0) is 4.79 Å². The van der Waals surface area contributed by atoms with Gasteiger partial charge in [0.2, 0.25) is 5.91 Å². The predicted molar refractivity (Wildman–Crippen MR) is 53.0 cm³/mol. The first-order chi connectivity index (χ1) is 5.72. The van der Waals surface area contributed by atoms with Crippen molar-refractivity contribution in [1.82, 2.24) is 0 Å². The number of anilines is 1. The highest BCUT2D eigenvalue weighted by Gasteiger charge is 1.97. The summed E-state index contributed by atoms with van der Waals surface area (Å²) < 4.78 is 0. The second-order valence-corrected chi connectivity index (χ2v) is 3.01. The number of hydrogen-bond acceptors (Lipinski definition) is 2. The summed E-state index contributed by atoms with van der Waals surface area (Å²) >= 11 is 9.41. The Bertz CT molecular complexity index is 273. The lowest BCUT2D eigenvalue weighted by atomic mass is 10.3.